The summed E-state index contributed by atoms with van der Waals surface area (Å²) >= 11 is 3.33. The van der Waals surface area contributed by atoms with Crippen molar-refractivity contribution in [2.45, 2.75) is 37.2 Å². The highest BCUT2D eigenvalue weighted by Crippen LogP contribution is 2.29. The number of imide groups is 1. The van der Waals surface area contributed by atoms with E-state index in [2.05, 4.69) is 15.9 Å². The minimum atomic E-state index is -0.946. The van der Waals surface area contributed by atoms with Gasteiger partial charge in [0.05, 0.1) is 6.54 Å². The summed E-state index contributed by atoms with van der Waals surface area (Å²) in [6.45, 7) is 5.35. The number of carbonyl (C=O) groups excluding carboxylic acids is 3. The van der Waals surface area contributed by atoms with E-state index in [4.69, 9.17) is 4.74 Å². The number of urea groups is 1. The third-order valence-electron chi connectivity index (χ3n) is 3.52. The third kappa shape index (κ3) is 3.95. The monoisotopic (exact) mass is 396 g/mol. The summed E-state index contributed by atoms with van der Waals surface area (Å²) < 4.78 is 5.36. The molecule has 6 nitrogen and oxygen atoms in total. The van der Waals surface area contributed by atoms with E-state index in [0.29, 0.717) is 5.56 Å². The normalized spacial score (nSPS) is 19.4. The molecular weight excluding hydrogens is 376 g/mol. The Morgan fingerprint density at radius 3 is 2.38 bits per heavy atom. The van der Waals surface area contributed by atoms with Gasteiger partial charge < -0.3 is 9.64 Å². The van der Waals surface area contributed by atoms with Crippen molar-refractivity contribution in [3.05, 3.63) is 35.9 Å². The Morgan fingerprint density at radius 2 is 1.83 bits per heavy atom. The summed E-state index contributed by atoms with van der Waals surface area (Å²) in [5, 5.41) is 0. The summed E-state index contributed by atoms with van der Waals surface area (Å²) in [6.07, 6.45) is 0. The quantitative estimate of drug-likeness (QED) is 0.581. The zero-order valence-corrected chi connectivity index (χ0v) is 15.7. The lowest BCUT2D eigenvalue weighted by Crippen LogP contribution is -2.47. The molecule has 0 radical (unpaired) electrons. The molecule has 3 amide bonds. The third-order valence-corrected chi connectivity index (χ3v) is 4.44. The SMILES string of the molecule is CN1C[C@@H](C(=O)OC(C)(C)C)N(C(=O)C(Br)c2ccccc2)C1=O. The fourth-order valence-electron chi connectivity index (χ4n) is 2.42. The Kier molecular flexibility index (Phi) is 5.32. The molecular formula is C17H21BrN2O4. The van der Waals surface area contributed by atoms with Crippen molar-refractivity contribution in [1.29, 1.82) is 0 Å². The predicted octanol–water partition coefficient (Wildman–Crippen LogP) is 2.73. The molecule has 1 aromatic carbocycles. The maximum absolute atomic E-state index is 12.8. The van der Waals surface area contributed by atoms with Gasteiger partial charge >= 0.3 is 12.0 Å². The number of halogens is 1. The largest absolute Gasteiger partial charge is 0.458 e. The number of esters is 1. The van der Waals surface area contributed by atoms with Gasteiger partial charge in [-0.3, -0.25) is 4.79 Å². The van der Waals surface area contributed by atoms with Gasteiger partial charge in [0.15, 0.2) is 6.04 Å². The van der Waals surface area contributed by atoms with Crippen LogP contribution in [0.25, 0.3) is 0 Å². The van der Waals surface area contributed by atoms with Gasteiger partial charge in [-0.15, -0.1) is 0 Å². The Bertz CT molecular complexity index is 642. The Morgan fingerprint density at radius 1 is 1.25 bits per heavy atom. The lowest BCUT2D eigenvalue weighted by Gasteiger charge is -2.26. The molecule has 2 atom stereocenters. The molecule has 0 bridgehead atoms. The molecule has 130 valence electrons. The second-order valence-electron chi connectivity index (χ2n) is 6.69. The number of likely N-dealkylation sites (N-methyl/N-ethyl adjacent to an activating group) is 1. The first-order valence-electron chi connectivity index (χ1n) is 7.62. The first kappa shape index (κ1) is 18.4. The van der Waals surface area contributed by atoms with E-state index in [9.17, 15) is 14.4 Å². The Labute approximate surface area is 149 Å². The molecule has 0 aromatic heterocycles. The van der Waals surface area contributed by atoms with Gasteiger partial charge in [0, 0.05) is 7.05 Å². The van der Waals surface area contributed by atoms with Gasteiger partial charge in [0.25, 0.3) is 0 Å². The predicted molar refractivity (Wildman–Crippen MR) is 92.6 cm³/mol. The molecule has 1 aliphatic rings. The highest BCUT2D eigenvalue weighted by atomic mass is 79.9. The molecule has 1 heterocycles. The van der Waals surface area contributed by atoms with E-state index in [1.54, 1.807) is 52.1 Å². The molecule has 0 N–H and O–H groups in total. The Balaban J connectivity index is 2.25. The van der Waals surface area contributed by atoms with Crippen molar-refractivity contribution < 1.29 is 19.1 Å². The van der Waals surface area contributed by atoms with Crippen molar-refractivity contribution >= 4 is 33.8 Å². The molecule has 1 fully saturated rings. The van der Waals surface area contributed by atoms with Gasteiger partial charge in [0.1, 0.15) is 10.4 Å². The summed E-state index contributed by atoms with van der Waals surface area (Å²) in [7, 11) is 1.55. The van der Waals surface area contributed by atoms with Crippen molar-refractivity contribution in [2.24, 2.45) is 0 Å². The second kappa shape index (κ2) is 6.93. The van der Waals surface area contributed by atoms with Crippen molar-refractivity contribution in [3.63, 3.8) is 0 Å². The summed E-state index contributed by atoms with van der Waals surface area (Å²) in [6, 6.07) is 7.56. The lowest BCUT2D eigenvalue weighted by molar-refractivity contribution is -0.161. The van der Waals surface area contributed by atoms with Crippen LogP contribution in [0.1, 0.15) is 31.2 Å². The topological polar surface area (TPSA) is 66.9 Å². The van der Waals surface area contributed by atoms with Crippen LogP contribution in [0.4, 0.5) is 4.79 Å². The van der Waals surface area contributed by atoms with Gasteiger partial charge in [0.2, 0.25) is 5.91 Å². The first-order valence-corrected chi connectivity index (χ1v) is 8.53. The molecule has 1 unspecified atom stereocenters. The van der Waals surface area contributed by atoms with E-state index in [0.717, 1.165) is 4.90 Å². The average Bonchev–Trinajstić information content (AvgIpc) is 2.81. The number of alkyl halides is 1. The van der Waals surface area contributed by atoms with Crippen LogP contribution < -0.4 is 0 Å². The number of carbonyl (C=O) groups is 3. The van der Waals surface area contributed by atoms with E-state index < -0.39 is 34.4 Å². The van der Waals surface area contributed by atoms with Gasteiger partial charge in [-0.1, -0.05) is 46.3 Å². The van der Waals surface area contributed by atoms with E-state index in [1.807, 2.05) is 6.07 Å². The van der Waals surface area contributed by atoms with Crippen LogP contribution in [0.5, 0.6) is 0 Å². The van der Waals surface area contributed by atoms with Crippen LogP contribution in [0.2, 0.25) is 0 Å². The highest BCUT2D eigenvalue weighted by molar-refractivity contribution is 9.09. The average molecular weight is 397 g/mol. The van der Waals surface area contributed by atoms with Crippen LogP contribution >= 0.6 is 15.9 Å². The minimum absolute atomic E-state index is 0.119. The zero-order chi connectivity index (χ0) is 18.1. The van der Waals surface area contributed by atoms with Gasteiger partial charge in [-0.05, 0) is 26.3 Å². The van der Waals surface area contributed by atoms with E-state index in [-0.39, 0.29) is 6.54 Å². The summed E-state index contributed by atoms with van der Waals surface area (Å²) in [5.74, 6) is -1.06. The number of benzene rings is 1. The molecule has 0 aliphatic carbocycles. The number of ether oxygens (including phenoxy) is 1. The van der Waals surface area contributed by atoms with Crippen LogP contribution in [0.3, 0.4) is 0 Å². The molecule has 24 heavy (non-hydrogen) atoms. The number of rotatable bonds is 3. The van der Waals surface area contributed by atoms with Crippen molar-refractivity contribution in [3.8, 4) is 0 Å². The smallest absolute Gasteiger partial charge is 0.331 e. The Hall–Kier alpha value is -1.89. The number of amides is 3. The first-order chi connectivity index (χ1) is 11.1. The summed E-state index contributed by atoms with van der Waals surface area (Å²) in [4.78, 5) is 39.2. The molecule has 1 aromatic rings. The number of hydrogen-bond donors (Lipinski definition) is 0. The van der Waals surface area contributed by atoms with E-state index >= 15 is 0 Å². The van der Waals surface area contributed by atoms with Crippen LogP contribution in [0, 0.1) is 0 Å². The zero-order valence-electron chi connectivity index (χ0n) is 14.2. The van der Waals surface area contributed by atoms with Crippen molar-refractivity contribution in [2.75, 3.05) is 13.6 Å². The van der Waals surface area contributed by atoms with Crippen molar-refractivity contribution in [1.82, 2.24) is 9.80 Å². The minimum Gasteiger partial charge on any atom is -0.458 e. The highest BCUT2D eigenvalue weighted by Gasteiger charge is 2.46. The van der Waals surface area contributed by atoms with Gasteiger partial charge in [-0.2, -0.15) is 0 Å². The maximum atomic E-state index is 12.8. The molecule has 2 rings (SSSR count). The van der Waals surface area contributed by atoms with Gasteiger partial charge in [-0.25, -0.2) is 14.5 Å². The molecule has 0 spiro atoms. The fourth-order valence-corrected chi connectivity index (χ4v) is 2.95. The standard InChI is InChI=1S/C17H21BrN2O4/c1-17(2,3)24-15(22)12-10-19(4)16(23)20(12)14(21)13(18)11-8-6-5-7-9-11/h5-9,12-13H,10H2,1-4H3/t12-,13?/m0/s1. The number of hydrogen-bond acceptors (Lipinski definition) is 4. The van der Waals surface area contributed by atoms with Crippen LogP contribution in [0.15, 0.2) is 30.3 Å². The second-order valence-corrected chi connectivity index (χ2v) is 7.61. The fraction of sp³-hybridized carbons (Fsp3) is 0.471. The lowest BCUT2D eigenvalue weighted by atomic mass is 10.1. The van der Waals surface area contributed by atoms with Crippen LogP contribution in [-0.2, 0) is 14.3 Å². The van der Waals surface area contributed by atoms with Crippen LogP contribution in [-0.4, -0.2) is 52.9 Å². The molecule has 7 heteroatoms. The maximum Gasteiger partial charge on any atom is 0.331 e. The van der Waals surface area contributed by atoms with E-state index in [1.165, 1.54) is 4.90 Å². The molecule has 0 saturated carbocycles. The molecule has 1 saturated heterocycles. The molecule has 1 aliphatic heterocycles. The number of nitrogens with zero attached hydrogens (tertiary/aromatic N) is 2. The summed E-state index contributed by atoms with van der Waals surface area (Å²) in [5.41, 5.74) is 0.0243.